The largest absolute Gasteiger partial charge is 0.465 e. The predicted molar refractivity (Wildman–Crippen MR) is 33.4 cm³/mol. The fourth-order valence-electron chi connectivity index (χ4n) is 0.245. The topological polar surface area (TPSA) is 18.5 Å². The first-order valence-electron chi connectivity index (χ1n) is 1.72. The summed E-state index contributed by atoms with van der Waals surface area (Å²) in [7, 11) is 0. The van der Waals surface area contributed by atoms with E-state index in [1.165, 1.54) is 18.8 Å². The molecule has 0 spiro atoms. The molecule has 0 fully saturated rings. The molecule has 0 aliphatic carbocycles. The van der Waals surface area contributed by atoms with Crippen molar-refractivity contribution in [2.75, 3.05) is 0 Å². The second kappa shape index (κ2) is 2.20. The van der Waals surface area contributed by atoms with Crippen LogP contribution in [0.1, 0.15) is 0 Å². The van der Waals surface area contributed by atoms with E-state index in [1.807, 2.05) is 22.6 Å². The zero-order chi connectivity index (χ0) is 5.11. The minimum Gasteiger partial charge on any atom is -0.465 e. The Labute approximate surface area is 54.9 Å². The molecule has 0 radical (unpaired) electrons. The molecule has 0 atom stereocenters. The summed E-state index contributed by atoms with van der Waals surface area (Å²) in [5, 5.41) is 0. The summed E-state index contributed by atoms with van der Waals surface area (Å²) in [4.78, 5) is 0. The molecule has 0 N–H and O–H groups in total. The quantitative estimate of drug-likeness (QED) is 0.567. The summed E-state index contributed by atoms with van der Waals surface area (Å²) in [6.07, 6.45) is 4.49. The molecular weight excluding hydrogens is 207 g/mol. The Kier molecular flexibility index (Phi) is 1.56. The maximum atomic E-state index is 4.82. The molecule has 38 valence electrons. The Morgan fingerprint density at radius 1 is 1.43 bits per heavy atom. The van der Waals surface area contributed by atoms with Crippen LogP contribution in [0.4, 0.5) is 0 Å². The third-order valence-corrected chi connectivity index (χ3v) is 0.984. The Balaban J connectivity index is 2.50. The minimum atomic E-state index is 0.750. The lowest BCUT2D eigenvalue weighted by atomic mass is 10.9. The van der Waals surface area contributed by atoms with Crippen LogP contribution >= 0.6 is 22.6 Å². The number of rotatable bonds is 0. The van der Waals surface area contributed by atoms with Gasteiger partial charge in [0.2, 0.25) is 0 Å². The van der Waals surface area contributed by atoms with E-state index < -0.39 is 0 Å². The summed E-state index contributed by atoms with van der Waals surface area (Å²) in [5.41, 5.74) is 0. The summed E-state index contributed by atoms with van der Waals surface area (Å²) < 4.78 is 10.3. The molecule has 0 amide bonds. The monoisotopic (exact) mass is 210 g/mol. The summed E-state index contributed by atoms with van der Waals surface area (Å²) in [6, 6.07) is 0. The molecule has 0 unspecified atom stereocenters. The van der Waals surface area contributed by atoms with Crippen LogP contribution in [0.25, 0.3) is 0 Å². The third kappa shape index (κ3) is 1.38. The fraction of sp³-hybridized carbons (Fsp3) is 0. The van der Waals surface area contributed by atoms with Crippen molar-refractivity contribution in [2.24, 2.45) is 0 Å². The molecule has 0 aromatic heterocycles. The van der Waals surface area contributed by atoms with Crippen molar-refractivity contribution in [3.8, 4) is 0 Å². The van der Waals surface area contributed by atoms with Gasteiger partial charge in [-0.05, 0) is 0 Å². The standard InChI is InChI=1S/C4H3IO2/c5-4-3-6-1-2-7-4/h1-3H. The van der Waals surface area contributed by atoms with Gasteiger partial charge in [-0.2, -0.15) is 0 Å². The van der Waals surface area contributed by atoms with Gasteiger partial charge in [0.15, 0.2) is 3.77 Å². The van der Waals surface area contributed by atoms with Crippen molar-refractivity contribution in [1.29, 1.82) is 0 Å². The summed E-state index contributed by atoms with van der Waals surface area (Å²) >= 11 is 2.02. The first-order chi connectivity index (χ1) is 3.39. The van der Waals surface area contributed by atoms with Gasteiger partial charge in [-0.15, -0.1) is 0 Å². The van der Waals surface area contributed by atoms with Crippen LogP contribution in [-0.4, -0.2) is 0 Å². The van der Waals surface area contributed by atoms with Gasteiger partial charge in [0, 0.05) is 22.6 Å². The average molecular weight is 210 g/mol. The second-order valence-electron chi connectivity index (χ2n) is 0.948. The molecule has 0 saturated heterocycles. The van der Waals surface area contributed by atoms with Crippen LogP contribution in [0.2, 0.25) is 0 Å². The van der Waals surface area contributed by atoms with Gasteiger partial charge >= 0.3 is 0 Å². The van der Waals surface area contributed by atoms with Gasteiger partial charge < -0.3 is 9.47 Å². The van der Waals surface area contributed by atoms with Crippen LogP contribution in [0.15, 0.2) is 22.6 Å². The van der Waals surface area contributed by atoms with Crippen molar-refractivity contribution in [2.45, 2.75) is 0 Å². The van der Waals surface area contributed by atoms with E-state index in [1.54, 1.807) is 0 Å². The Hall–Kier alpha value is -0.190. The number of hydrogen-bond acceptors (Lipinski definition) is 2. The van der Waals surface area contributed by atoms with E-state index >= 15 is 0 Å². The van der Waals surface area contributed by atoms with Crippen molar-refractivity contribution in [3.63, 3.8) is 0 Å². The highest BCUT2D eigenvalue weighted by Crippen LogP contribution is 2.11. The van der Waals surface area contributed by atoms with Crippen LogP contribution in [0.3, 0.4) is 0 Å². The van der Waals surface area contributed by atoms with E-state index in [2.05, 4.69) is 0 Å². The highest BCUT2D eigenvalue weighted by Gasteiger charge is 1.90. The molecule has 1 aliphatic heterocycles. The zero-order valence-electron chi connectivity index (χ0n) is 3.43. The van der Waals surface area contributed by atoms with Gasteiger partial charge in [0.25, 0.3) is 0 Å². The first-order valence-corrected chi connectivity index (χ1v) is 2.80. The third-order valence-electron chi connectivity index (χ3n) is 0.475. The van der Waals surface area contributed by atoms with Gasteiger partial charge in [0.05, 0.1) is 0 Å². The average Bonchev–Trinajstić information content (AvgIpc) is 1.69. The molecule has 1 aliphatic rings. The highest BCUT2D eigenvalue weighted by atomic mass is 127. The SMILES string of the molecule is IC1=COC=CO1. The van der Waals surface area contributed by atoms with Gasteiger partial charge in [0.1, 0.15) is 18.8 Å². The molecule has 1 rings (SSSR count). The lowest BCUT2D eigenvalue weighted by Gasteiger charge is -2.00. The molecule has 3 heteroatoms. The van der Waals surface area contributed by atoms with Gasteiger partial charge in [-0.1, -0.05) is 0 Å². The Morgan fingerprint density at radius 3 is 2.57 bits per heavy atom. The predicted octanol–water partition coefficient (Wildman–Crippen LogP) is 1.74. The van der Waals surface area contributed by atoms with Crippen molar-refractivity contribution in [3.05, 3.63) is 22.6 Å². The van der Waals surface area contributed by atoms with Crippen molar-refractivity contribution >= 4 is 22.6 Å². The van der Waals surface area contributed by atoms with Crippen molar-refractivity contribution in [1.82, 2.24) is 0 Å². The first kappa shape index (κ1) is 4.96. The molecule has 0 aromatic carbocycles. The number of hydrogen-bond donors (Lipinski definition) is 0. The number of ether oxygens (including phenoxy) is 2. The second-order valence-corrected chi connectivity index (χ2v) is 2.01. The van der Waals surface area contributed by atoms with Gasteiger partial charge in [-0.25, -0.2) is 0 Å². The lowest BCUT2D eigenvalue weighted by Crippen LogP contribution is -1.81. The summed E-state index contributed by atoms with van der Waals surface area (Å²) in [5.74, 6) is 0. The molecule has 0 bridgehead atoms. The van der Waals surface area contributed by atoms with Crippen LogP contribution < -0.4 is 0 Å². The number of halogens is 1. The van der Waals surface area contributed by atoms with E-state index in [-0.39, 0.29) is 0 Å². The molecule has 7 heavy (non-hydrogen) atoms. The van der Waals surface area contributed by atoms with Crippen LogP contribution in [0.5, 0.6) is 0 Å². The van der Waals surface area contributed by atoms with E-state index in [0.717, 1.165) is 3.77 Å². The normalized spacial score (nSPS) is 17.0. The maximum Gasteiger partial charge on any atom is 0.198 e. The van der Waals surface area contributed by atoms with Crippen molar-refractivity contribution < 1.29 is 9.47 Å². The zero-order valence-corrected chi connectivity index (χ0v) is 5.58. The molecular formula is C4H3IO2. The lowest BCUT2D eigenvalue weighted by molar-refractivity contribution is 0.286. The molecule has 2 nitrogen and oxygen atoms in total. The van der Waals surface area contributed by atoms with Gasteiger partial charge in [-0.3, -0.25) is 0 Å². The van der Waals surface area contributed by atoms with Crippen LogP contribution in [0, 0.1) is 0 Å². The Morgan fingerprint density at radius 2 is 2.29 bits per heavy atom. The van der Waals surface area contributed by atoms with E-state index in [0.29, 0.717) is 0 Å². The van der Waals surface area contributed by atoms with Crippen LogP contribution in [-0.2, 0) is 9.47 Å². The Bertz CT molecular complexity index is 117. The summed E-state index contributed by atoms with van der Waals surface area (Å²) in [6.45, 7) is 0. The van der Waals surface area contributed by atoms with E-state index in [4.69, 9.17) is 9.47 Å². The van der Waals surface area contributed by atoms with E-state index in [9.17, 15) is 0 Å². The molecule has 0 saturated carbocycles. The minimum absolute atomic E-state index is 0.750. The highest BCUT2D eigenvalue weighted by molar-refractivity contribution is 14.1. The molecule has 0 aromatic rings. The molecule has 1 heterocycles. The smallest absolute Gasteiger partial charge is 0.198 e. The maximum absolute atomic E-state index is 4.82. The fourth-order valence-corrected chi connectivity index (χ4v) is 0.539.